The van der Waals surface area contributed by atoms with Crippen LogP contribution >= 0.6 is 0 Å². The lowest BCUT2D eigenvalue weighted by Gasteiger charge is -2.07. The largest absolute Gasteiger partial charge is 0.390 e. The monoisotopic (exact) mass is 297 g/mol. The molecule has 22 heavy (non-hydrogen) atoms. The number of pyridine rings is 1. The summed E-state index contributed by atoms with van der Waals surface area (Å²) < 4.78 is 1.45. The maximum Gasteiger partial charge on any atom is 0.271 e. The molecule has 2 heterocycles. The zero-order valence-corrected chi connectivity index (χ0v) is 11.3. The van der Waals surface area contributed by atoms with E-state index in [-0.39, 0.29) is 12.3 Å². The SMILES string of the molecule is O=[N+]([O-])c1cccc(-n2nnc(CO)c2-c2cccnc2)c1. The maximum absolute atomic E-state index is 10.9. The number of aromatic nitrogens is 4. The third-order valence-corrected chi connectivity index (χ3v) is 3.11. The highest BCUT2D eigenvalue weighted by molar-refractivity contribution is 5.63. The number of nitro groups is 1. The van der Waals surface area contributed by atoms with Crippen LogP contribution in [0.5, 0.6) is 0 Å². The molecule has 0 bridgehead atoms. The van der Waals surface area contributed by atoms with Crippen molar-refractivity contribution in [2.45, 2.75) is 6.61 Å². The molecule has 0 spiro atoms. The van der Waals surface area contributed by atoms with Crippen molar-refractivity contribution >= 4 is 5.69 Å². The Morgan fingerprint density at radius 1 is 1.27 bits per heavy atom. The summed E-state index contributed by atoms with van der Waals surface area (Å²) in [6, 6.07) is 9.61. The normalized spacial score (nSPS) is 10.6. The molecule has 0 aliphatic carbocycles. The fourth-order valence-electron chi connectivity index (χ4n) is 2.13. The molecule has 8 nitrogen and oxygen atoms in total. The molecule has 0 fully saturated rings. The van der Waals surface area contributed by atoms with Gasteiger partial charge in [-0.15, -0.1) is 5.10 Å². The first-order chi connectivity index (χ1) is 10.7. The molecule has 0 saturated carbocycles. The molecule has 3 rings (SSSR count). The molecule has 0 atom stereocenters. The molecular weight excluding hydrogens is 286 g/mol. The summed E-state index contributed by atoms with van der Waals surface area (Å²) in [5.74, 6) is 0. The Kier molecular flexibility index (Phi) is 3.58. The first-order valence-electron chi connectivity index (χ1n) is 6.41. The Bertz CT molecular complexity index is 816. The minimum absolute atomic E-state index is 0.0457. The molecule has 1 N–H and O–H groups in total. The summed E-state index contributed by atoms with van der Waals surface area (Å²) in [5, 5.41) is 28.3. The van der Waals surface area contributed by atoms with Crippen LogP contribution < -0.4 is 0 Å². The van der Waals surface area contributed by atoms with Gasteiger partial charge in [0, 0.05) is 30.1 Å². The number of aliphatic hydroxyl groups excluding tert-OH is 1. The number of hydrogen-bond acceptors (Lipinski definition) is 6. The number of aliphatic hydroxyl groups is 1. The standard InChI is InChI=1S/C14H11N5O3/c20-9-13-14(10-3-2-6-15-8-10)18(17-16-13)11-4-1-5-12(7-11)19(21)22/h1-8,20H,9H2. The van der Waals surface area contributed by atoms with E-state index in [0.717, 1.165) is 0 Å². The van der Waals surface area contributed by atoms with Crippen molar-refractivity contribution in [1.82, 2.24) is 20.0 Å². The summed E-state index contributed by atoms with van der Waals surface area (Å²) in [7, 11) is 0. The second-order valence-electron chi connectivity index (χ2n) is 4.47. The molecule has 2 aromatic heterocycles. The van der Waals surface area contributed by atoms with Gasteiger partial charge in [0.1, 0.15) is 11.4 Å². The van der Waals surface area contributed by atoms with E-state index in [9.17, 15) is 15.2 Å². The minimum Gasteiger partial charge on any atom is -0.390 e. The van der Waals surface area contributed by atoms with Crippen molar-refractivity contribution in [3.8, 4) is 16.9 Å². The van der Waals surface area contributed by atoms with E-state index >= 15 is 0 Å². The van der Waals surface area contributed by atoms with E-state index < -0.39 is 4.92 Å². The first kappa shape index (κ1) is 13.8. The zero-order valence-electron chi connectivity index (χ0n) is 11.3. The molecule has 0 unspecified atom stereocenters. The zero-order chi connectivity index (χ0) is 15.5. The van der Waals surface area contributed by atoms with Crippen molar-refractivity contribution in [3.63, 3.8) is 0 Å². The second-order valence-corrected chi connectivity index (χ2v) is 4.47. The molecule has 8 heteroatoms. The molecular formula is C14H11N5O3. The van der Waals surface area contributed by atoms with E-state index in [1.54, 1.807) is 36.7 Å². The highest BCUT2D eigenvalue weighted by Gasteiger charge is 2.17. The number of benzene rings is 1. The summed E-state index contributed by atoms with van der Waals surface area (Å²) in [6.45, 7) is -0.293. The van der Waals surface area contributed by atoms with Crippen LogP contribution in [0, 0.1) is 10.1 Å². The van der Waals surface area contributed by atoms with E-state index in [1.807, 2.05) is 0 Å². The van der Waals surface area contributed by atoms with Crippen LogP contribution in [-0.2, 0) is 6.61 Å². The summed E-state index contributed by atoms with van der Waals surface area (Å²) in [5.41, 5.74) is 2.08. The number of rotatable bonds is 4. The van der Waals surface area contributed by atoms with Crippen molar-refractivity contribution in [2.75, 3.05) is 0 Å². The average molecular weight is 297 g/mol. The van der Waals surface area contributed by atoms with Gasteiger partial charge in [0.05, 0.1) is 17.2 Å². The van der Waals surface area contributed by atoms with Crippen LogP contribution in [0.3, 0.4) is 0 Å². The van der Waals surface area contributed by atoms with Crippen molar-refractivity contribution < 1.29 is 10.0 Å². The molecule has 3 aromatic rings. The predicted octanol–water partition coefficient (Wildman–Crippen LogP) is 1.73. The van der Waals surface area contributed by atoms with Crippen molar-refractivity contribution in [2.24, 2.45) is 0 Å². The third kappa shape index (κ3) is 2.42. The van der Waals surface area contributed by atoms with Gasteiger partial charge in [-0.2, -0.15) is 0 Å². The highest BCUT2D eigenvalue weighted by atomic mass is 16.6. The Labute approximate surface area is 124 Å². The Balaban J connectivity index is 2.18. The number of non-ortho nitro benzene ring substituents is 1. The number of nitrogens with zero attached hydrogens (tertiary/aromatic N) is 5. The smallest absolute Gasteiger partial charge is 0.271 e. The van der Waals surface area contributed by atoms with Crippen LogP contribution in [0.2, 0.25) is 0 Å². The van der Waals surface area contributed by atoms with Crippen LogP contribution in [0.25, 0.3) is 16.9 Å². The van der Waals surface area contributed by atoms with Crippen LogP contribution in [0.1, 0.15) is 5.69 Å². The van der Waals surface area contributed by atoms with Gasteiger partial charge in [0.2, 0.25) is 0 Å². The quantitative estimate of drug-likeness (QED) is 0.580. The number of hydrogen-bond donors (Lipinski definition) is 1. The second kappa shape index (κ2) is 5.70. The van der Waals surface area contributed by atoms with E-state index in [4.69, 9.17) is 0 Å². The third-order valence-electron chi connectivity index (χ3n) is 3.11. The van der Waals surface area contributed by atoms with Crippen LogP contribution in [0.4, 0.5) is 5.69 Å². The fourth-order valence-corrected chi connectivity index (χ4v) is 2.13. The first-order valence-corrected chi connectivity index (χ1v) is 6.41. The molecule has 0 aliphatic rings. The highest BCUT2D eigenvalue weighted by Crippen LogP contribution is 2.26. The maximum atomic E-state index is 10.9. The Hall–Kier alpha value is -3.13. The molecule has 0 amide bonds. The van der Waals surface area contributed by atoms with Crippen LogP contribution in [-0.4, -0.2) is 30.0 Å². The summed E-state index contributed by atoms with van der Waals surface area (Å²) >= 11 is 0. The van der Waals surface area contributed by atoms with Gasteiger partial charge in [-0.3, -0.25) is 15.1 Å². The molecule has 110 valence electrons. The lowest BCUT2D eigenvalue weighted by Crippen LogP contribution is -2.01. The lowest BCUT2D eigenvalue weighted by atomic mass is 10.1. The van der Waals surface area contributed by atoms with Gasteiger partial charge >= 0.3 is 0 Å². The summed E-state index contributed by atoms with van der Waals surface area (Å²) in [6.07, 6.45) is 3.25. The van der Waals surface area contributed by atoms with Gasteiger partial charge in [0.25, 0.3) is 5.69 Å². The molecule has 0 radical (unpaired) electrons. The van der Waals surface area contributed by atoms with Gasteiger partial charge in [-0.25, -0.2) is 4.68 Å². The predicted molar refractivity (Wildman–Crippen MR) is 77.2 cm³/mol. The lowest BCUT2D eigenvalue weighted by molar-refractivity contribution is -0.384. The topological polar surface area (TPSA) is 107 Å². The van der Waals surface area contributed by atoms with Gasteiger partial charge in [-0.1, -0.05) is 11.3 Å². The van der Waals surface area contributed by atoms with Crippen molar-refractivity contribution in [3.05, 3.63) is 64.6 Å². The van der Waals surface area contributed by atoms with Gasteiger partial charge in [0.15, 0.2) is 0 Å². The Morgan fingerprint density at radius 3 is 2.82 bits per heavy atom. The van der Waals surface area contributed by atoms with Gasteiger partial charge in [-0.05, 0) is 18.2 Å². The van der Waals surface area contributed by atoms with E-state index in [0.29, 0.717) is 22.6 Å². The number of nitro benzene ring substituents is 1. The minimum atomic E-state index is -0.475. The van der Waals surface area contributed by atoms with Crippen LogP contribution in [0.15, 0.2) is 48.8 Å². The summed E-state index contributed by atoms with van der Waals surface area (Å²) in [4.78, 5) is 14.5. The van der Waals surface area contributed by atoms with Crippen molar-refractivity contribution in [1.29, 1.82) is 0 Å². The van der Waals surface area contributed by atoms with E-state index in [1.165, 1.54) is 16.8 Å². The average Bonchev–Trinajstić information content (AvgIpc) is 2.99. The Morgan fingerprint density at radius 2 is 2.14 bits per heavy atom. The molecule has 1 aromatic carbocycles. The van der Waals surface area contributed by atoms with E-state index in [2.05, 4.69) is 15.3 Å². The fraction of sp³-hybridized carbons (Fsp3) is 0.0714. The van der Waals surface area contributed by atoms with Gasteiger partial charge < -0.3 is 5.11 Å². The molecule has 0 aliphatic heterocycles. The molecule has 0 saturated heterocycles.